The van der Waals surface area contributed by atoms with Crippen molar-refractivity contribution < 1.29 is 18.0 Å². The Morgan fingerprint density at radius 1 is 1.10 bits per heavy atom. The molecule has 0 bridgehead atoms. The maximum atomic E-state index is 13.1. The Morgan fingerprint density at radius 3 is 2.43 bits per heavy atom. The second-order valence-corrected chi connectivity index (χ2v) is 11.5. The lowest BCUT2D eigenvalue weighted by atomic mass is 9.96. The molecule has 0 spiro atoms. The Hall–Kier alpha value is -1.62. The van der Waals surface area contributed by atoms with Crippen molar-refractivity contribution in [2.45, 2.75) is 34.8 Å². The van der Waals surface area contributed by atoms with Gasteiger partial charge in [-0.05, 0) is 45.0 Å². The molecule has 0 saturated carbocycles. The number of thioether (sulfide) groups is 1. The van der Waals surface area contributed by atoms with E-state index in [4.69, 9.17) is 0 Å². The first-order valence-corrected chi connectivity index (χ1v) is 12.7. The zero-order valence-corrected chi connectivity index (χ0v) is 19.0. The fraction of sp³-hybridized carbons (Fsp3) is 0.600. The third-order valence-corrected chi connectivity index (χ3v) is 9.21. The number of carbonyl (C=O) groups is 2. The average Bonchev–Trinajstić information content (AvgIpc) is 2.74. The highest BCUT2D eigenvalue weighted by Crippen LogP contribution is 2.37. The minimum Gasteiger partial charge on any atom is -0.340 e. The number of carbonyl (C=O) groups excluding carboxylic acids is 2. The van der Waals surface area contributed by atoms with Gasteiger partial charge in [0.05, 0.1) is 15.8 Å². The highest BCUT2D eigenvalue weighted by molar-refractivity contribution is 8.01. The molecule has 3 aliphatic rings. The van der Waals surface area contributed by atoms with Gasteiger partial charge in [-0.3, -0.25) is 9.59 Å². The Morgan fingerprint density at radius 2 is 1.77 bits per heavy atom. The van der Waals surface area contributed by atoms with Crippen LogP contribution >= 0.6 is 11.8 Å². The summed E-state index contributed by atoms with van der Waals surface area (Å²) in [6.45, 7) is 5.73. The highest BCUT2D eigenvalue weighted by atomic mass is 32.2. The van der Waals surface area contributed by atoms with E-state index in [9.17, 15) is 18.0 Å². The maximum Gasteiger partial charge on any atom is 0.243 e. The molecule has 3 aliphatic heterocycles. The molecule has 4 rings (SSSR count). The van der Waals surface area contributed by atoms with Gasteiger partial charge in [-0.1, -0.05) is 0 Å². The van der Waals surface area contributed by atoms with E-state index in [1.165, 1.54) is 16.1 Å². The maximum absolute atomic E-state index is 13.1. The molecule has 0 aromatic heterocycles. The van der Waals surface area contributed by atoms with Crippen molar-refractivity contribution in [1.82, 2.24) is 14.1 Å². The van der Waals surface area contributed by atoms with Gasteiger partial charge in [0.1, 0.15) is 0 Å². The van der Waals surface area contributed by atoms with Gasteiger partial charge in [0.15, 0.2) is 0 Å². The molecule has 2 saturated heterocycles. The highest BCUT2D eigenvalue weighted by Gasteiger charge is 2.35. The number of anilines is 1. The largest absolute Gasteiger partial charge is 0.340 e. The van der Waals surface area contributed by atoms with Gasteiger partial charge in [0.2, 0.25) is 21.8 Å². The van der Waals surface area contributed by atoms with Crippen LogP contribution in [-0.2, 0) is 19.6 Å². The fourth-order valence-corrected chi connectivity index (χ4v) is 6.55. The monoisotopic (exact) mass is 452 g/mol. The number of likely N-dealkylation sites (N-methyl/N-ethyl adjacent to an activating group) is 1. The first-order valence-electron chi connectivity index (χ1n) is 10.3. The lowest BCUT2D eigenvalue weighted by molar-refractivity contribution is -0.138. The minimum atomic E-state index is -3.67. The molecular weight excluding hydrogens is 424 g/mol. The standard InChI is InChI=1S/C20H28N4O4S2/c1-14-19(25)21-17-13-16(3-4-18(17)29-14)30(27,28)24-7-5-15(6-8-24)20(26)23-11-9-22(2)10-12-23/h3-4,13-15H,5-12H2,1-2H3,(H,21,25)/t14-/m1/s1. The van der Waals surface area contributed by atoms with E-state index in [2.05, 4.69) is 17.3 Å². The molecule has 0 unspecified atom stereocenters. The number of benzene rings is 1. The zero-order chi connectivity index (χ0) is 21.5. The molecule has 164 valence electrons. The zero-order valence-electron chi connectivity index (χ0n) is 17.3. The van der Waals surface area contributed by atoms with Crippen LogP contribution < -0.4 is 5.32 Å². The van der Waals surface area contributed by atoms with Crippen LogP contribution in [0.2, 0.25) is 0 Å². The summed E-state index contributed by atoms with van der Waals surface area (Å²) in [7, 11) is -1.61. The molecule has 2 fully saturated rings. The van der Waals surface area contributed by atoms with Crippen LogP contribution in [0.1, 0.15) is 19.8 Å². The molecule has 0 aliphatic carbocycles. The van der Waals surface area contributed by atoms with Gasteiger partial charge in [-0.2, -0.15) is 4.31 Å². The molecule has 1 atom stereocenters. The minimum absolute atomic E-state index is 0.111. The second-order valence-electron chi connectivity index (χ2n) is 8.21. The predicted octanol–water partition coefficient (Wildman–Crippen LogP) is 1.29. The molecule has 1 N–H and O–H groups in total. The number of rotatable bonds is 3. The predicted molar refractivity (Wildman–Crippen MR) is 116 cm³/mol. The summed E-state index contributed by atoms with van der Waals surface area (Å²) in [5, 5.41) is 2.59. The van der Waals surface area contributed by atoms with Gasteiger partial charge < -0.3 is 15.1 Å². The molecule has 10 heteroatoms. The summed E-state index contributed by atoms with van der Waals surface area (Å²) in [6, 6.07) is 4.90. The fourth-order valence-electron chi connectivity index (χ4n) is 4.13. The van der Waals surface area contributed by atoms with Crippen molar-refractivity contribution in [2.24, 2.45) is 5.92 Å². The lowest BCUT2D eigenvalue weighted by Crippen LogP contribution is -2.50. The van der Waals surface area contributed by atoms with Crippen molar-refractivity contribution >= 4 is 39.3 Å². The van der Waals surface area contributed by atoms with E-state index in [0.29, 0.717) is 31.6 Å². The number of piperidine rings is 1. The molecule has 1 aromatic carbocycles. The number of fused-ring (bicyclic) bond motifs is 1. The Kier molecular flexibility index (Phi) is 6.11. The van der Waals surface area contributed by atoms with Crippen molar-refractivity contribution in [3.63, 3.8) is 0 Å². The van der Waals surface area contributed by atoms with Crippen LogP contribution in [0, 0.1) is 5.92 Å². The van der Waals surface area contributed by atoms with E-state index < -0.39 is 10.0 Å². The van der Waals surface area contributed by atoms with Gasteiger partial charge in [0, 0.05) is 50.1 Å². The van der Waals surface area contributed by atoms with Gasteiger partial charge >= 0.3 is 0 Å². The van der Waals surface area contributed by atoms with E-state index in [-0.39, 0.29) is 27.9 Å². The number of amides is 2. The number of hydrogen-bond donors (Lipinski definition) is 1. The normalized spacial score (nSPS) is 24.4. The topological polar surface area (TPSA) is 90.0 Å². The van der Waals surface area contributed by atoms with Crippen molar-refractivity contribution in [3.8, 4) is 0 Å². The first-order chi connectivity index (χ1) is 14.3. The van der Waals surface area contributed by atoms with E-state index in [0.717, 1.165) is 31.1 Å². The van der Waals surface area contributed by atoms with Crippen molar-refractivity contribution in [2.75, 3.05) is 51.6 Å². The third kappa shape index (κ3) is 4.23. The van der Waals surface area contributed by atoms with E-state index >= 15 is 0 Å². The molecule has 30 heavy (non-hydrogen) atoms. The third-order valence-electron chi connectivity index (χ3n) is 6.14. The van der Waals surface area contributed by atoms with Crippen molar-refractivity contribution in [1.29, 1.82) is 0 Å². The quantitative estimate of drug-likeness (QED) is 0.744. The number of nitrogens with zero attached hydrogens (tertiary/aromatic N) is 3. The summed E-state index contributed by atoms with van der Waals surface area (Å²) in [6.07, 6.45) is 1.08. The molecule has 3 heterocycles. The lowest BCUT2D eigenvalue weighted by Gasteiger charge is -2.37. The summed E-state index contributed by atoms with van der Waals surface area (Å²) in [4.78, 5) is 29.9. The van der Waals surface area contributed by atoms with E-state index in [1.54, 1.807) is 18.2 Å². The van der Waals surface area contributed by atoms with Crippen LogP contribution in [0.25, 0.3) is 0 Å². The Labute approximate surface area is 182 Å². The smallest absolute Gasteiger partial charge is 0.243 e. The number of piperazine rings is 1. The van der Waals surface area contributed by atoms with Gasteiger partial charge in [-0.25, -0.2) is 8.42 Å². The molecular formula is C20H28N4O4S2. The summed E-state index contributed by atoms with van der Waals surface area (Å²) in [5.74, 6) is -0.0753. The Balaban J connectivity index is 1.41. The first kappa shape index (κ1) is 21.6. The molecule has 8 nitrogen and oxygen atoms in total. The van der Waals surface area contributed by atoms with Crippen LogP contribution in [0.5, 0.6) is 0 Å². The SMILES string of the molecule is C[C@H]1Sc2ccc(S(=O)(=O)N3CCC(C(=O)N4CCN(C)CC4)CC3)cc2NC1=O. The summed E-state index contributed by atoms with van der Waals surface area (Å²) < 4.78 is 27.7. The number of nitrogens with one attached hydrogen (secondary N) is 1. The van der Waals surface area contributed by atoms with Crippen LogP contribution in [0.3, 0.4) is 0 Å². The Bertz CT molecular complexity index is 936. The van der Waals surface area contributed by atoms with E-state index in [1.807, 2.05) is 11.8 Å². The number of hydrogen-bond acceptors (Lipinski definition) is 6. The second kappa shape index (κ2) is 8.49. The van der Waals surface area contributed by atoms with Crippen LogP contribution in [0.4, 0.5) is 5.69 Å². The summed E-state index contributed by atoms with van der Waals surface area (Å²) in [5.41, 5.74) is 0.546. The summed E-state index contributed by atoms with van der Waals surface area (Å²) >= 11 is 1.43. The molecule has 2 amide bonds. The van der Waals surface area contributed by atoms with Crippen LogP contribution in [0.15, 0.2) is 28.0 Å². The van der Waals surface area contributed by atoms with Gasteiger partial charge in [0.25, 0.3) is 0 Å². The van der Waals surface area contributed by atoms with Gasteiger partial charge in [-0.15, -0.1) is 11.8 Å². The van der Waals surface area contributed by atoms with Crippen LogP contribution in [-0.4, -0.2) is 85.9 Å². The van der Waals surface area contributed by atoms with Crippen molar-refractivity contribution in [3.05, 3.63) is 18.2 Å². The average molecular weight is 453 g/mol. The number of sulfonamides is 1. The molecule has 0 radical (unpaired) electrons. The molecule has 1 aromatic rings.